The van der Waals surface area contributed by atoms with Crippen LogP contribution in [-0.4, -0.2) is 13.2 Å². The number of rotatable bonds is 6. The highest BCUT2D eigenvalue weighted by Gasteiger charge is 2.21. The van der Waals surface area contributed by atoms with Crippen LogP contribution in [0.2, 0.25) is 0 Å². The second-order valence-electron chi connectivity index (χ2n) is 5.61. The van der Waals surface area contributed by atoms with Crippen molar-refractivity contribution < 1.29 is 4.74 Å². The zero-order valence-corrected chi connectivity index (χ0v) is 11.8. The summed E-state index contributed by atoms with van der Waals surface area (Å²) >= 11 is 0. The number of benzene rings is 1. The molecule has 2 rings (SSSR count). The lowest BCUT2D eigenvalue weighted by Gasteiger charge is -2.14. The summed E-state index contributed by atoms with van der Waals surface area (Å²) in [5, 5.41) is 3.62. The Balaban J connectivity index is 2.01. The second kappa shape index (κ2) is 6.24. The zero-order valence-electron chi connectivity index (χ0n) is 11.8. The van der Waals surface area contributed by atoms with Crippen LogP contribution in [0.4, 0.5) is 0 Å². The number of hydrogen-bond donors (Lipinski definition) is 1. The third kappa shape index (κ3) is 3.26. The van der Waals surface area contributed by atoms with Crippen LogP contribution in [0.15, 0.2) is 18.2 Å². The summed E-state index contributed by atoms with van der Waals surface area (Å²) in [4.78, 5) is 0. The third-order valence-corrected chi connectivity index (χ3v) is 3.42. The lowest BCUT2D eigenvalue weighted by atomic mass is 10.1. The van der Waals surface area contributed by atoms with Crippen molar-refractivity contribution >= 4 is 0 Å². The van der Waals surface area contributed by atoms with Gasteiger partial charge in [0.25, 0.3) is 0 Å². The predicted octanol–water partition coefficient (Wildman–Crippen LogP) is 3.71. The first kappa shape index (κ1) is 13.4. The zero-order chi connectivity index (χ0) is 13.0. The van der Waals surface area contributed by atoms with Crippen molar-refractivity contribution in [1.29, 1.82) is 0 Å². The highest BCUT2D eigenvalue weighted by atomic mass is 16.5. The largest absolute Gasteiger partial charge is 0.493 e. The van der Waals surface area contributed by atoms with Crippen LogP contribution in [0.3, 0.4) is 0 Å². The molecule has 1 atom stereocenters. The highest BCUT2D eigenvalue weighted by molar-refractivity contribution is 5.40. The van der Waals surface area contributed by atoms with Crippen molar-refractivity contribution in [3.8, 4) is 5.75 Å². The van der Waals surface area contributed by atoms with Gasteiger partial charge in [-0.3, -0.25) is 0 Å². The molecule has 0 saturated heterocycles. The topological polar surface area (TPSA) is 21.3 Å². The van der Waals surface area contributed by atoms with Crippen LogP contribution >= 0.6 is 0 Å². The molecule has 0 radical (unpaired) electrons. The molecule has 0 fully saturated rings. The van der Waals surface area contributed by atoms with E-state index in [0.29, 0.717) is 12.0 Å². The summed E-state index contributed by atoms with van der Waals surface area (Å²) in [5.74, 6) is 1.61. The Morgan fingerprint density at radius 1 is 1.39 bits per heavy atom. The maximum absolute atomic E-state index is 5.79. The number of aryl methyl sites for hydroxylation is 1. The smallest absolute Gasteiger partial charge is 0.119 e. The molecule has 0 bridgehead atoms. The molecule has 1 unspecified atom stereocenters. The molecule has 1 N–H and O–H groups in total. The highest BCUT2D eigenvalue weighted by Crippen LogP contribution is 2.33. The molecule has 0 aromatic heterocycles. The van der Waals surface area contributed by atoms with Crippen molar-refractivity contribution in [2.24, 2.45) is 5.92 Å². The molecule has 18 heavy (non-hydrogen) atoms. The average Bonchev–Trinajstić information content (AvgIpc) is 2.76. The van der Waals surface area contributed by atoms with E-state index in [1.807, 2.05) is 0 Å². The quantitative estimate of drug-likeness (QED) is 0.827. The van der Waals surface area contributed by atoms with E-state index in [1.165, 1.54) is 30.4 Å². The monoisotopic (exact) mass is 247 g/mol. The fraction of sp³-hybridized carbons (Fsp3) is 0.625. The molecule has 0 spiro atoms. The van der Waals surface area contributed by atoms with Gasteiger partial charge < -0.3 is 10.1 Å². The summed E-state index contributed by atoms with van der Waals surface area (Å²) in [7, 11) is 0. The Morgan fingerprint density at radius 3 is 2.94 bits per heavy atom. The lowest BCUT2D eigenvalue weighted by Crippen LogP contribution is -2.19. The van der Waals surface area contributed by atoms with Gasteiger partial charge in [-0.2, -0.15) is 0 Å². The summed E-state index contributed by atoms with van der Waals surface area (Å²) in [5.41, 5.74) is 2.94. The van der Waals surface area contributed by atoms with E-state index >= 15 is 0 Å². The fourth-order valence-corrected chi connectivity index (χ4v) is 2.48. The average molecular weight is 247 g/mol. The normalized spacial score (nSPS) is 18.1. The number of ether oxygens (including phenoxy) is 1. The van der Waals surface area contributed by atoms with E-state index in [4.69, 9.17) is 4.74 Å². The summed E-state index contributed by atoms with van der Waals surface area (Å²) < 4.78 is 5.79. The molecule has 1 aliphatic carbocycles. The Bertz CT molecular complexity index is 387. The van der Waals surface area contributed by atoms with Gasteiger partial charge in [-0.1, -0.05) is 26.8 Å². The molecule has 0 heterocycles. The predicted molar refractivity (Wildman–Crippen MR) is 76.1 cm³/mol. The Hall–Kier alpha value is -1.02. The molecule has 1 aliphatic rings. The van der Waals surface area contributed by atoms with E-state index in [9.17, 15) is 0 Å². The number of hydrogen-bond acceptors (Lipinski definition) is 2. The minimum Gasteiger partial charge on any atom is -0.493 e. The van der Waals surface area contributed by atoms with Gasteiger partial charge in [0.1, 0.15) is 5.75 Å². The SMILES string of the molecule is CCCNC1CCc2cc(OCC(C)C)ccc21. The molecule has 100 valence electrons. The van der Waals surface area contributed by atoms with Gasteiger partial charge in [-0.05, 0) is 55.0 Å². The Kier molecular flexibility index (Phi) is 4.65. The van der Waals surface area contributed by atoms with Gasteiger partial charge in [0.2, 0.25) is 0 Å². The van der Waals surface area contributed by atoms with Crippen LogP contribution in [0.1, 0.15) is 50.8 Å². The first-order chi connectivity index (χ1) is 8.70. The molecule has 2 nitrogen and oxygen atoms in total. The molecule has 2 heteroatoms. The first-order valence-corrected chi connectivity index (χ1v) is 7.19. The summed E-state index contributed by atoms with van der Waals surface area (Å²) in [6.07, 6.45) is 3.60. The van der Waals surface area contributed by atoms with Crippen LogP contribution in [-0.2, 0) is 6.42 Å². The van der Waals surface area contributed by atoms with E-state index in [0.717, 1.165) is 18.9 Å². The number of fused-ring (bicyclic) bond motifs is 1. The van der Waals surface area contributed by atoms with Crippen LogP contribution in [0.5, 0.6) is 5.75 Å². The van der Waals surface area contributed by atoms with E-state index in [-0.39, 0.29) is 0 Å². The molecule has 0 aliphatic heterocycles. The lowest BCUT2D eigenvalue weighted by molar-refractivity contribution is 0.271. The van der Waals surface area contributed by atoms with Crippen LogP contribution < -0.4 is 10.1 Å². The Labute approximate surface area is 111 Å². The molecule has 0 amide bonds. The van der Waals surface area contributed by atoms with Crippen molar-refractivity contribution in [1.82, 2.24) is 5.32 Å². The molecule has 1 aromatic rings. The maximum atomic E-state index is 5.79. The first-order valence-electron chi connectivity index (χ1n) is 7.19. The Morgan fingerprint density at radius 2 is 2.22 bits per heavy atom. The van der Waals surface area contributed by atoms with Crippen molar-refractivity contribution in [2.75, 3.05) is 13.2 Å². The minimum atomic E-state index is 0.555. The van der Waals surface area contributed by atoms with E-state index in [2.05, 4.69) is 44.3 Å². The van der Waals surface area contributed by atoms with E-state index < -0.39 is 0 Å². The van der Waals surface area contributed by atoms with Gasteiger partial charge in [-0.25, -0.2) is 0 Å². The van der Waals surface area contributed by atoms with Crippen LogP contribution in [0, 0.1) is 5.92 Å². The van der Waals surface area contributed by atoms with Crippen LogP contribution in [0.25, 0.3) is 0 Å². The second-order valence-corrected chi connectivity index (χ2v) is 5.61. The molecular formula is C16H25NO. The molecular weight excluding hydrogens is 222 g/mol. The minimum absolute atomic E-state index is 0.555. The van der Waals surface area contributed by atoms with Gasteiger partial charge in [-0.15, -0.1) is 0 Å². The van der Waals surface area contributed by atoms with Crippen molar-refractivity contribution in [3.63, 3.8) is 0 Å². The van der Waals surface area contributed by atoms with Gasteiger partial charge in [0, 0.05) is 6.04 Å². The van der Waals surface area contributed by atoms with Crippen molar-refractivity contribution in [3.05, 3.63) is 29.3 Å². The third-order valence-electron chi connectivity index (χ3n) is 3.42. The maximum Gasteiger partial charge on any atom is 0.119 e. The molecule has 1 aromatic carbocycles. The van der Waals surface area contributed by atoms with E-state index in [1.54, 1.807) is 0 Å². The van der Waals surface area contributed by atoms with Crippen molar-refractivity contribution in [2.45, 2.75) is 46.1 Å². The number of nitrogens with one attached hydrogen (secondary N) is 1. The molecule has 0 saturated carbocycles. The van der Waals surface area contributed by atoms with Gasteiger partial charge >= 0.3 is 0 Å². The summed E-state index contributed by atoms with van der Waals surface area (Å²) in [6.45, 7) is 8.48. The summed E-state index contributed by atoms with van der Waals surface area (Å²) in [6, 6.07) is 7.14. The fourth-order valence-electron chi connectivity index (χ4n) is 2.48. The van der Waals surface area contributed by atoms with Gasteiger partial charge in [0.15, 0.2) is 0 Å². The standard InChI is InChI=1S/C16H25NO/c1-4-9-17-16-8-5-13-10-14(6-7-15(13)16)18-11-12(2)3/h6-7,10,12,16-17H,4-5,8-9,11H2,1-3H3. The van der Waals surface area contributed by atoms with Gasteiger partial charge in [0.05, 0.1) is 6.61 Å².